The predicted molar refractivity (Wildman–Crippen MR) is 60.7 cm³/mol. The molecule has 0 aliphatic carbocycles. The number of alkyl halides is 2. The van der Waals surface area contributed by atoms with Gasteiger partial charge in [-0.15, -0.1) is 0 Å². The number of hydrogen-bond acceptors (Lipinski definition) is 1. The minimum Gasteiger partial charge on any atom is -0.316 e. The van der Waals surface area contributed by atoms with Crippen molar-refractivity contribution in [3.63, 3.8) is 0 Å². The summed E-state index contributed by atoms with van der Waals surface area (Å²) in [7, 11) is 0. The van der Waals surface area contributed by atoms with Gasteiger partial charge in [0, 0.05) is 18.9 Å². The molecule has 0 radical (unpaired) electrons. The molecule has 1 aliphatic heterocycles. The minimum atomic E-state index is -2.59. The minimum absolute atomic E-state index is 0.139. The highest BCUT2D eigenvalue weighted by Gasteiger charge is 2.39. The molecule has 1 N–H and O–H groups in total. The zero-order chi connectivity index (χ0) is 11.4. The second-order valence-electron chi connectivity index (χ2n) is 4.47. The summed E-state index contributed by atoms with van der Waals surface area (Å²) >= 11 is 0. The fourth-order valence-electron chi connectivity index (χ4n) is 2.22. The third kappa shape index (κ3) is 2.79. The Balaban J connectivity index is 2.01. The highest BCUT2D eigenvalue weighted by atomic mass is 19.3. The van der Waals surface area contributed by atoms with E-state index in [-0.39, 0.29) is 6.42 Å². The molecule has 1 saturated heterocycles. The lowest BCUT2D eigenvalue weighted by molar-refractivity contribution is -0.0647. The summed E-state index contributed by atoms with van der Waals surface area (Å²) in [5, 5.41) is 3.05. The van der Waals surface area contributed by atoms with E-state index in [9.17, 15) is 8.78 Å². The molecule has 16 heavy (non-hydrogen) atoms. The molecule has 1 aromatic carbocycles. The Kier molecular flexibility index (Phi) is 3.54. The van der Waals surface area contributed by atoms with Crippen LogP contribution in [-0.2, 0) is 6.42 Å². The maximum atomic E-state index is 14.0. The maximum absolute atomic E-state index is 14.0. The van der Waals surface area contributed by atoms with Gasteiger partial charge in [0.1, 0.15) is 0 Å². The Bertz CT molecular complexity index is 318. The van der Waals surface area contributed by atoms with Crippen LogP contribution in [0.1, 0.15) is 18.4 Å². The normalized spacial score (nSPS) is 22.0. The summed E-state index contributed by atoms with van der Waals surface area (Å²) < 4.78 is 27.9. The molecule has 1 unspecified atom stereocenters. The van der Waals surface area contributed by atoms with Crippen LogP contribution in [0.15, 0.2) is 30.3 Å². The van der Waals surface area contributed by atoms with Crippen LogP contribution in [0.5, 0.6) is 0 Å². The van der Waals surface area contributed by atoms with E-state index in [2.05, 4.69) is 5.32 Å². The topological polar surface area (TPSA) is 12.0 Å². The third-order valence-corrected chi connectivity index (χ3v) is 3.18. The number of hydrogen-bond donors (Lipinski definition) is 1. The molecule has 0 aromatic heterocycles. The van der Waals surface area contributed by atoms with Gasteiger partial charge in [0.15, 0.2) is 0 Å². The van der Waals surface area contributed by atoms with Gasteiger partial charge in [0.25, 0.3) is 5.92 Å². The van der Waals surface area contributed by atoms with E-state index in [0.29, 0.717) is 13.0 Å². The maximum Gasteiger partial charge on any atom is 0.256 e. The zero-order valence-electron chi connectivity index (χ0n) is 9.26. The average Bonchev–Trinajstić information content (AvgIpc) is 2.31. The van der Waals surface area contributed by atoms with Gasteiger partial charge in [0.2, 0.25) is 0 Å². The summed E-state index contributed by atoms with van der Waals surface area (Å²) in [5.41, 5.74) is 0.720. The summed E-state index contributed by atoms with van der Waals surface area (Å²) in [5.74, 6) is -3.10. The lowest BCUT2D eigenvalue weighted by Gasteiger charge is -2.30. The van der Waals surface area contributed by atoms with Crippen molar-refractivity contribution in [3.05, 3.63) is 35.9 Å². The highest BCUT2D eigenvalue weighted by Crippen LogP contribution is 2.32. The first kappa shape index (κ1) is 11.5. The molecule has 1 fully saturated rings. The molecule has 0 spiro atoms. The Morgan fingerprint density at radius 3 is 2.62 bits per heavy atom. The Labute approximate surface area is 94.9 Å². The van der Waals surface area contributed by atoms with Crippen molar-refractivity contribution in [3.8, 4) is 0 Å². The lowest BCUT2D eigenvalue weighted by atomic mass is 9.89. The molecule has 0 saturated carbocycles. The van der Waals surface area contributed by atoms with Crippen molar-refractivity contribution in [2.24, 2.45) is 5.92 Å². The van der Waals surface area contributed by atoms with Crippen molar-refractivity contribution in [1.82, 2.24) is 5.32 Å². The van der Waals surface area contributed by atoms with Gasteiger partial charge in [-0.3, -0.25) is 0 Å². The number of benzene rings is 1. The van der Waals surface area contributed by atoms with Gasteiger partial charge in [-0.05, 0) is 24.9 Å². The van der Waals surface area contributed by atoms with E-state index in [1.165, 1.54) is 0 Å². The Hall–Kier alpha value is -0.960. The average molecular weight is 225 g/mol. The fourth-order valence-corrected chi connectivity index (χ4v) is 2.22. The molecule has 1 nitrogen and oxygen atoms in total. The summed E-state index contributed by atoms with van der Waals surface area (Å²) in [4.78, 5) is 0. The monoisotopic (exact) mass is 225 g/mol. The number of rotatable bonds is 3. The van der Waals surface area contributed by atoms with Crippen LogP contribution in [0.2, 0.25) is 0 Å². The van der Waals surface area contributed by atoms with Gasteiger partial charge < -0.3 is 5.32 Å². The Morgan fingerprint density at radius 1 is 1.25 bits per heavy atom. The van der Waals surface area contributed by atoms with Gasteiger partial charge in [-0.1, -0.05) is 30.3 Å². The number of nitrogens with one attached hydrogen (secondary N) is 1. The van der Waals surface area contributed by atoms with Crippen LogP contribution >= 0.6 is 0 Å². The third-order valence-electron chi connectivity index (χ3n) is 3.18. The fraction of sp³-hybridized carbons (Fsp3) is 0.538. The molecule has 0 bridgehead atoms. The second-order valence-corrected chi connectivity index (χ2v) is 4.47. The van der Waals surface area contributed by atoms with Crippen molar-refractivity contribution in [2.75, 3.05) is 13.1 Å². The standard InChI is InChI=1S/C13H17F2N/c14-13(15,12-7-4-8-16-10-12)9-11-5-2-1-3-6-11/h1-3,5-6,12,16H,4,7-10H2. The first-order chi connectivity index (χ1) is 7.68. The summed E-state index contributed by atoms with van der Waals surface area (Å²) in [6.45, 7) is 1.32. The van der Waals surface area contributed by atoms with Crippen molar-refractivity contribution in [2.45, 2.75) is 25.2 Å². The second kappa shape index (κ2) is 4.91. The molecule has 88 valence electrons. The quantitative estimate of drug-likeness (QED) is 0.834. The van der Waals surface area contributed by atoms with E-state index in [1.807, 2.05) is 18.2 Å². The summed E-state index contributed by atoms with van der Waals surface area (Å²) in [6.07, 6.45) is 1.35. The van der Waals surface area contributed by atoms with Crippen molar-refractivity contribution in [1.29, 1.82) is 0 Å². The molecule has 1 aliphatic rings. The number of piperidine rings is 1. The SMILES string of the molecule is FC(F)(Cc1ccccc1)C1CCCNC1. The van der Waals surface area contributed by atoms with E-state index in [4.69, 9.17) is 0 Å². The summed E-state index contributed by atoms with van der Waals surface area (Å²) in [6, 6.07) is 9.01. The molecule has 1 aromatic rings. The largest absolute Gasteiger partial charge is 0.316 e. The molecule has 2 rings (SSSR count). The van der Waals surface area contributed by atoms with Crippen LogP contribution in [0.4, 0.5) is 8.78 Å². The molecule has 1 atom stereocenters. The molecule has 3 heteroatoms. The van der Waals surface area contributed by atoms with Crippen molar-refractivity contribution >= 4 is 0 Å². The van der Waals surface area contributed by atoms with Crippen LogP contribution in [0.3, 0.4) is 0 Å². The molecular formula is C13H17F2N. The van der Waals surface area contributed by atoms with Crippen LogP contribution < -0.4 is 5.32 Å². The van der Waals surface area contributed by atoms with E-state index >= 15 is 0 Å². The first-order valence-electron chi connectivity index (χ1n) is 5.81. The van der Waals surface area contributed by atoms with E-state index in [0.717, 1.165) is 18.5 Å². The van der Waals surface area contributed by atoms with Gasteiger partial charge in [0.05, 0.1) is 0 Å². The van der Waals surface area contributed by atoms with Crippen LogP contribution in [0.25, 0.3) is 0 Å². The number of halogens is 2. The van der Waals surface area contributed by atoms with E-state index in [1.54, 1.807) is 12.1 Å². The highest BCUT2D eigenvalue weighted by molar-refractivity contribution is 5.16. The van der Waals surface area contributed by atoms with Gasteiger partial charge >= 0.3 is 0 Å². The molecule has 0 amide bonds. The smallest absolute Gasteiger partial charge is 0.256 e. The van der Waals surface area contributed by atoms with E-state index < -0.39 is 11.8 Å². The van der Waals surface area contributed by atoms with Crippen LogP contribution in [0, 0.1) is 5.92 Å². The van der Waals surface area contributed by atoms with Crippen molar-refractivity contribution < 1.29 is 8.78 Å². The van der Waals surface area contributed by atoms with Crippen LogP contribution in [-0.4, -0.2) is 19.0 Å². The predicted octanol–water partition coefficient (Wildman–Crippen LogP) is 2.86. The van der Waals surface area contributed by atoms with Gasteiger partial charge in [-0.25, -0.2) is 8.78 Å². The molecule has 1 heterocycles. The van der Waals surface area contributed by atoms with Gasteiger partial charge in [-0.2, -0.15) is 0 Å². The zero-order valence-corrected chi connectivity index (χ0v) is 9.26. The molecular weight excluding hydrogens is 208 g/mol. The first-order valence-corrected chi connectivity index (χ1v) is 5.81. The Morgan fingerprint density at radius 2 is 2.00 bits per heavy atom. The lowest BCUT2D eigenvalue weighted by Crippen LogP contribution is -2.41.